The van der Waals surface area contributed by atoms with Crippen molar-refractivity contribution in [1.29, 1.82) is 0 Å². The van der Waals surface area contributed by atoms with Crippen molar-refractivity contribution in [2.24, 2.45) is 11.7 Å². The summed E-state index contributed by atoms with van der Waals surface area (Å²) in [6.07, 6.45) is 18.3. The van der Waals surface area contributed by atoms with Crippen LogP contribution in [0.25, 0.3) is 21.5 Å². The van der Waals surface area contributed by atoms with E-state index in [4.69, 9.17) is 5.73 Å². The van der Waals surface area contributed by atoms with E-state index in [0.29, 0.717) is 32.5 Å². The zero-order valence-corrected chi connectivity index (χ0v) is 41.8. The van der Waals surface area contributed by atoms with Crippen LogP contribution < -0.4 is 38.2 Å². The SMILES string of the molecule is C.CC.CC.CC.CC1(C)C2=[N+](CCC(=O)NCC(C(N)=O)CCCCCNC(=O)CCN3/C(=C/C=C/C=C/C=C/2)C(C)(C)c2c3ccc3ccccc23)c2ccc3ccccc3c21.[Br-]. The second kappa shape index (κ2) is 26.6. The lowest BCUT2D eigenvalue weighted by Gasteiger charge is -2.27. The standard InChI is InChI=1S/C49H55N5O3.3C2H6.CH4.BrH/c1-48(2)41-22-10-6-5-7-11-23-42-49(3,4)46-38-21-15-13-18-35(38)25-27-40(46)54(42)32-29-44(56)52-33-36(47(50)57)19-9-8-16-30-51-43(55)28-31-53(41)39-26-24-34-17-12-14-20-37(34)45(39)48;3*1-2;;/h5-7,10-15,17-18,20-27,36H,8-9,16,19,28-33H2,1-4H3,(H3-,50,51,52,55,56,57);3*1-2H3;1H4;1H. The maximum atomic E-state index is 13.3. The molecule has 0 bridgehead atoms. The lowest BCUT2D eigenvalue weighted by molar-refractivity contribution is -0.436. The number of hydrogen-bond donors (Lipinski definition) is 3. The number of nitrogens with zero attached hydrogens (tertiary/aromatic N) is 2. The Morgan fingerprint density at radius 1 is 0.692 bits per heavy atom. The molecule has 0 aliphatic carbocycles. The van der Waals surface area contributed by atoms with Crippen LogP contribution in [0.3, 0.4) is 0 Å². The van der Waals surface area contributed by atoms with Gasteiger partial charge in [0.1, 0.15) is 0 Å². The fraction of sp³-hybridized carbons (Fsp3) is 0.429. The highest BCUT2D eigenvalue weighted by atomic mass is 79.9. The third-order valence-corrected chi connectivity index (χ3v) is 12.1. The molecule has 0 saturated heterocycles. The van der Waals surface area contributed by atoms with Crippen LogP contribution in [-0.2, 0) is 25.2 Å². The number of primary amides is 1. The molecule has 1 atom stereocenters. The van der Waals surface area contributed by atoms with E-state index in [-0.39, 0.29) is 60.0 Å². The van der Waals surface area contributed by atoms with Gasteiger partial charge in [0.25, 0.3) is 0 Å². The normalized spacial score (nSPS) is 20.7. The van der Waals surface area contributed by atoms with Crippen LogP contribution in [0, 0.1) is 5.92 Å². The lowest BCUT2D eigenvalue weighted by atomic mass is 9.79. The van der Waals surface area contributed by atoms with Gasteiger partial charge in [-0.3, -0.25) is 14.4 Å². The molecule has 3 amide bonds. The highest BCUT2D eigenvalue weighted by Gasteiger charge is 2.45. The molecular weight excluding hydrogens is 871 g/mol. The number of nitrogens with one attached hydrogen (secondary N) is 2. The fourth-order valence-corrected chi connectivity index (χ4v) is 9.14. The first-order chi connectivity index (χ1) is 30.5. The molecule has 0 spiro atoms. The quantitative estimate of drug-likeness (QED) is 0.166. The fourth-order valence-electron chi connectivity index (χ4n) is 9.14. The highest BCUT2D eigenvalue weighted by molar-refractivity contribution is 6.07. The average Bonchev–Trinajstić information content (AvgIpc) is 3.66. The maximum Gasteiger partial charge on any atom is 0.226 e. The molecule has 4 N–H and O–H groups in total. The smallest absolute Gasteiger partial charge is 0.226 e. The van der Waals surface area contributed by atoms with E-state index in [0.717, 1.165) is 42.0 Å². The molecule has 9 heteroatoms. The van der Waals surface area contributed by atoms with E-state index in [1.54, 1.807) is 0 Å². The number of carbonyl (C=O) groups is 3. The van der Waals surface area contributed by atoms with E-state index in [1.807, 2.05) is 53.7 Å². The van der Waals surface area contributed by atoms with Crippen LogP contribution in [-0.4, -0.2) is 54.2 Å². The van der Waals surface area contributed by atoms with Crippen molar-refractivity contribution in [2.75, 3.05) is 31.1 Å². The molecule has 1 unspecified atom stereocenters. The number of halogens is 1. The largest absolute Gasteiger partial charge is 1.00 e. The van der Waals surface area contributed by atoms with Gasteiger partial charge in [-0.2, -0.15) is 4.58 Å². The number of anilines is 1. The maximum absolute atomic E-state index is 13.3. The van der Waals surface area contributed by atoms with Crippen molar-refractivity contribution in [3.8, 4) is 0 Å². The zero-order valence-electron chi connectivity index (χ0n) is 40.2. The molecule has 0 aromatic heterocycles. The summed E-state index contributed by atoms with van der Waals surface area (Å²) in [5.41, 5.74) is 12.2. The molecule has 0 radical (unpaired) electrons. The Balaban J connectivity index is 0.00000174. The second-order valence-electron chi connectivity index (χ2n) is 16.6. The first kappa shape index (κ1) is 55.9. The van der Waals surface area contributed by atoms with Gasteiger partial charge >= 0.3 is 0 Å². The molecule has 4 aromatic carbocycles. The van der Waals surface area contributed by atoms with Crippen LogP contribution in [0.1, 0.15) is 126 Å². The molecule has 7 rings (SSSR count). The minimum atomic E-state index is -0.447. The summed E-state index contributed by atoms with van der Waals surface area (Å²) in [6, 6.07) is 25.7. The Morgan fingerprint density at radius 3 is 1.94 bits per heavy atom. The number of fused-ring (bicyclic) bond motifs is 9. The third kappa shape index (κ3) is 13.0. The highest BCUT2D eigenvalue weighted by Crippen LogP contribution is 2.51. The van der Waals surface area contributed by atoms with Gasteiger partial charge in [-0.25, -0.2) is 0 Å². The Bertz CT molecular complexity index is 2370. The summed E-state index contributed by atoms with van der Waals surface area (Å²) in [5.74, 6) is -0.947. The van der Waals surface area contributed by atoms with Crippen LogP contribution in [0.4, 0.5) is 11.4 Å². The van der Waals surface area contributed by atoms with Crippen molar-refractivity contribution >= 4 is 56.4 Å². The molecule has 352 valence electrons. The molecule has 3 aliphatic rings. The number of hydrogen-bond acceptors (Lipinski definition) is 4. The van der Waals surface area contributed by atoms with Gasteiger partial charge in [-0.15, -0.1) is 0 Å². The Morgan fingerprint density at radius 2 is 1.28 bits per heavy atom. The average molecular weight is 949 g/mol. The number of benzene rings is 4. The summed E-state index contributed by atoms with van der Waals surface area (Å²) in [5, 5.41) is 10.9. The van der Waals surface area contributed by atoms with Crippen molar-refractivity contribution < 1.29 is 35.9 Å². The summed E-state index contributed by atoms with van der Waals surface area (Å²) >= 11 is 0. The number of allylic oxidation sites excluding steroid dienone is 8. The molecule has 65 heavy (non-hydrogen) atoms. The van der Waals surface area contributed by atoms with Crippen LogP contribution in [0.5, 0.6) is 0 Å². The Hall–Kier alpha value is -5.28. The van der Waals surface area contributed by atoms with Gasteiger partial charge < -0.3 is 38.2 Å². The summed E-state index contributed by atoms with van der Waals surface area (Å²) < 4.78 is 2.28. The summed E-state index contributed by atoms with van der Waals surface area (Å²) in [6.45, 7) is 22.9. The minimum absolute atomic E-state index is 0. The first-order valence-corrected chi connectivity index (χ1v) is 23.5. The van der Waals surface area contributed by atoms with Gasteiger partial charge in [0.05, 0.1) is 17.8 Å². The van der Waals surface area contributed by atoms with Gasteiger partial charge in [0.2, 0.25) is 23.4 Å². The summed E-state index contributed by atoms with van der Waals surface area (Å²) in [4.78, 5) is 41.1. The first-order valence-electron chi connectivity index (χ1n) is 23.5. The van der Waals surface area contributed by atoms with Gasteiger partial charge in [0.15, 0.2) is 12.3 Å². The van der Waals surface area contributed by atoms with Gasteiger partial charge in [0, 0.05) is 60.6 Å². The lowest BCUT2D eigenvalue weighted by Crippen LogP contribution is -3.00. The van der Waals surface area contributed by atoms with Crippen LogP contribution in [0.15, 0.2) is 121 Å². The number of carbonyl (C=O) groups excluding carboxylic acids is 3. The van der Waals surface area contributed by atoms with E-state index in [1.165, 1.54) is 32.7 Å². The minimum Gasteiger partial charge on any atom is -1.00 e. The van der Waals surface area contributed by atoms with Gasteiger partial charge in [-0.1, -0.05) is 161 Å². The van der Waals surface area contributed by atoms with Crippen LogP contribution in [0.2, 0.25) is 0 Å². The Labute approximate surface area is 402 Å². The molecule has 3 aliphatic heterocycles. The van der Waals surface area contributed by atoms with Crippen molar-refractivity contribution in [3.63, 3.8) is 0 Å². The zero-order chi connectivity index (χ0) is 46.2. The topological polar surface area (TPSA) is 108 Å². The number of rotatable bonds is 1. The van der Waals surface area contributed by atoms with Gasteiger partial charge in [-0.05, 0) is 72.0 Å². The van der Waals surface area contributed by atoms with E-state index in [2.05, 4.69) is 151 Å². The van der Waals surface area contributed by atoms with Crippen molar-refractivity contribution in [3.05, 3.63) is 132 Å². The molecule has 3 heterocycles. The molecule has 0 fully saturated rings. The Kier molecular flexibility index (Phi) is 22.9. The molecule has 0 saturated carbocycles. The molecule has 8 nitrogen and oxygen atoms in total. The number of amides is 3. The number of nitrogens with two attached hydrogens (primary N) is 1. The van der Waals surface area contributed by atoms with E-state index in [9.17, 15) is 14.4 Å². The molecule has 4 aromatic rings. The van der Waals surface area contributed by atoms with Crippen molar-refractivity contribution in [1.82, 2.24) is 10.6 Å². The van der Waals surface area contributed by atoms with Crippen LogP contribution >= 0.6 is 0 Å². The van der Waals surface area contributed by atoms with E-state index < -0.39 is 11.8 Å². The van der Waals surface area contributed by atoms with E-state index >= 15 is 0 Å². The predicted molar refractivity (Wildman–Crippen MR) is 274 cm³/mol. The third-order valence-electron chi connectivity index (χ3n) is 12.1. The summed E-state index contributed by atoms with van der Waals surface area (Å²) in [7, 11) is 0. The predicted octanol–water partition coefficient (Wildman–Crippen LogP) is 9.13. The monoisotopic (exact) mass is 948 g/mol. The second-order valence-corrected chi connectivity index (χ2v) is 16.6. The van der Waals surface area contributed by atoms with Crippen molar-refractivity contribution in [2.45, 2.75) is 126 Å². The molecular formula is C56H78BrN5O3.